The third-order valence-electron chi connectivity index (χ3n) is 2.43. The molecule has 0 bridgehead atoms. The Morgan fingerprint density at radius 2 is 2.06 bits per heavy atom. The maximum Gasteiger partial charge on any atom is 0.334 e. The van der Waals surface area contributed by atoms with Crippen molar-refractivity contribution >= 4 is 27.5 Å². The number of benzene rings is 1. The molecule has 0 spiro atoms. The predicted molar refractivity (Wildman–Crippen MR) is 70.1 cm³/mol. The summed E-state index contributed by atoms with van der Waals surface area (Å²) in [5, 5.41) is -0.0150. The second-order valence-corrected chi connectivity index (χ2v) is 4.84. The summed E-state index contributed by atoms with van der Waals surface area (Å²) in [6, 6.07) is 3.96. The van der Waals surface area contributed by atoms with Crippen LogP contribution in [-0.2, 0) is 0 Å². The van der Waals surface area contributed by atoms with Crippen molar-refractivity contribution in [3.05, 3.63) is 60.0 Å². The van der Waals surface area contributed by atoms with E-state index in [-0.39, 0.29) is 20.9 Å². The summed E-state index contributed by atoms with van der Waals surface area (Å²) >= 11 is 8.68. The molecule has 0 fully saturated rings. The highest BCUT2D eigenvalue weighted by molar-refractivity contribution is 9.10. The van der Waals surface area contributed by atoms with Gasteiger partial charge in [0.25, 0.3) is 5.56 Å². The second kappa shape index (κ2) is 4.70. The first-order valence-electron chi connectivity index (χ1n) is 4.88. The van der Waals surface area contributed by atoms with Gasteiger partial charge in [-0.05, 0) is 41.1 Å². The molecule has 1 aromatic heterocycles. The molecule has 0 saturated heterocycles. The molecular formula is C11H7BrClFN2O2. The summed E-state index contributed by atoms with van der Waals surface area (Å²) in [5.41, 5.74) is -0.955. The molecule has 0 saturated carbocycles. The molecule has 0 aliphatic carbocycles. The van der Waals surface area contributed by atoms with Gasteiger partial charge in [0.05, 0.1) is 15.7 Å². The third-order valence-corrected chi connectivity index (χ3v) is 3.46. The van der Waals surface area contributed by atoms with E-state index in [9.17, 15) is 14.0 Å². The van der Waals surface area contributed by atoms with Crippen molar-refractivity contribution in [1.29, 1.82) is 0 Å². The molecule has 1 heterocycles. The number of hydrogen-bond acceptors (Lipinski definition) is 2. The fourth-order valence-electron chi connectivity index (χ4n) is 1.46. The van der Waals surface area contributed by atoms with Crippen molar-refractivity contribution in [3.8, 4) is 5.69 Å². The lowest BCUT2D eigenvalue weighted by Crippen LogP contribution is -2.35. The Kier molecular flexibility index (Phi) is 3.41. The molecule has 0 unspecified atom stereocenters. The Morgan fingerprint density at radius 1 is 1.39 bits per heavy atom. The van der Waals surface area contributed by atoms with Gasteiger partial charge in [0.15, 0.2) is 0 Å². The van der Waals surface area contributed by atoms with E-state index in [0.717, 1.165) is 10.6 Å². The maximum atomic E-state index is 13.4. The number of aromatic nitrogens is 2. The lowest BCUT2D eigenvalue weighted by atomic mass is 10.3. The Balaban J connectivity index is 2.80. The first-order valence-corrected chi connectivity index (χ1v) is 6.06. The van der Waals surface area contributed by atoms with Crippen LogP contribution in [0.5, 0.6) is 0 Å². The van der Waals surface area contributed by atoms with Gasteiger partial charge in [-0.15, -0.1) is 0 Å². The molecule has 0 aliphatic heterocycles. The molecular weight excluding hydrogens is 326 g/mol. The zero-order valence-corrected chi connectivity index (χ0v) is 11.5. The number of nitrogens with zero attached hydrogens (tertiary/aromatic N) is 1. The van der Waals surface area contributed by atoms with Crippen molar-refractivity contribution in [2.75, 3.05) is 0 Å². The lowest BCUT2D eigenvalue weighted by molar-refractivity contribution is 0.619. The summed E-state index contributed by atoms with van der Waals surface area (Å²) < 4.78 is 14.5. The highest BCUT2D eigenvalue weighted by Crippen LogP contribution is 2.17. The van der Waals surface area contributed by atoms with Crippen LogP contribution in [0.4, 0.5) is 4.39 Å². The summed E-state index contributed by atoms with van der Waals surface area (Å²) in [5.74, 6) is -0.564. The van der Waals surface area contributed by atoms with E-state index in [2.05, 4.69) is 20.9 Å². The average molecular weight is 334 g/mol. The van der Waals surface area contributed by atoms with Crippen LogP contribution in [0.3, 0.4) is 0 Å². The van der Waals surface area contributed by atoms with E-state index < -0.39 is 17.1 Å². The highest BCUT2D eigenvalue weighted by atomic mass is 79.9. The van der Waals surface area contributed by atoms with Crippen molar-refractivity contribution in [2.45, 2.75) is 6.92 Å². The lowest BCUT2D eigenvalue weighted by Gasteiger charge is -2.07. The van der Waals surface area contributed by atoms with Crippen LogP contribution in [0.2, 0.25) is 5.15 Å². The van der Waals surface area contributed by atoms with Crippen molar-refractivity contribution in [2.24, 2.45) is 0 Å². The molecule has 0 amide bonds. The number of rotatable bonds is 1. The van der Waals surface area contributed by atoms with Crippen LogP contribution < -0.4 is 11.2 Å². The maximum absolute atomic E-state index is 13.4. The Bertz CT molecular complexity index is 739. The normalized spacial score (nSPS) is 10.7. The number of nitrogens with one attached hydrogen (secondary N) is 1. The fourth-order valence-corrected chi connectivity index (χ4v) is 1.86. The molecule has 1 N–H and O–H groups in total. The van der Waals surface area contributed by atoms with Gasteiger partial charge < -0.3 is 0 Å². The van der Waals surface area contributed by atoms with Gasteiger partial charge in [-0.2, -0.15) is 0 Å². The van der Waals surface area contributed by atoms with E-state index in [1.165, 1.54) is 19.1 Å². The van der Waals surface area contributed by atoms with Crippen LogP contribution in [0, 0.1) is 12.7 Å². The van der Waals surface area contributed by atoms with Gasteiger partial charge in [-0.25, -0.2) is 13.8 Å². The summed E-state index contributed by atoms with van der Waals surface area (Å²) in [6.45, 7) is 1.48. The predicted octanol–water partition coefficient (Wildman–Crippen LogP) is 2.39. The largest absolute Gasteiger partial charge is 0.334 e. The van der Waals surface area contributed by atoms with Crippen molar-refractivity contribution < 1.29 is 4.39 Å². The number of H-pyrrole nitrogens is 1. The Labute approximate surface area is 114 Å². The minimum absolute atomic E-state index is 0.0150. The molecule has 2 aromatic rings. The van der Waals surface area contributed by atoms with Crippen LogP contribution in [0.25, 0.3) is 5.69 Å². The minimum Gasteiger partial charge on any atom is -0.297 e. The molecule has 2 rings (SSSR count). The molecule has 0 atom stereocenters. The van der Waals surface area contributed by atoms with E-state index in [1.54, 1.807) is 0 Å². The molecule has 18 heavy (non-hydrogen) atoms. The van der Waals surface area contributed by atoms with E-state index in [1.807, 2.05) is 0 Å². The smallest absolute Gasteiger partial charge is 0.297 e. The summed E-state index contributed by atoms with van der Waals surface area (Å²) in [7, 11) is 0. The van der Waals surface area contributed by atoms with E-state index in [0.29, 0.717) is 0 Å². The van der Waals surface area contributed by atoms with Crippen LogP contribution in [0.1, 0.15) is 5.56 Å². The SMILES string of the molecule is Cc1c(Cl)[nH]c(=O)n(-c2ccc(Br)c(F)c2)c1=O. The van der Waals surface area contributed by atoms with Gasteiger partial charge in [-0.3, -0.25) is 9.78 Å². The van der Waals surface area contributed by atoms with Crippen LogP contribution in [-0.4, -0.2) is 9.55 Å². The number of aromatic amines is 1. The highest BCUT2D eigenvalue weighted by Gasteiger charge is 2.11. The van der Waals surface area contributed by atoms with Crippen LogP contribution in [0.15, 0.2) is 32.3 Å². The molecule has 0 radical (unpaired) electrons. The average Bonchev–Trinajstić information content (AvgIpc) is 2.31. The van der Waals surface area contributed by atoms with Gasteiger partial charge in [-0.1, -0.05) is 11.6 Å². The van der Waals surface area contributed by atoms with Crippen LogP contribution >= 0.6 is 27.5 Å². The number of hydrogen-bond donors (Lipinski definition) is 1. The van der Waals surface area contributed by atoms with Crippen molar-refractivity contribution in [3.63, 3.8) is 0 Å². The fraction of sp³-hybridized carbons (Fsp3) is 0.0909. The molecule has 94 valence electrons. The first kappa shape index (κ1) is 13.0. The second-order valence-electron chi connectivity index (χ2n) is 3.61. The van der Waals surface area contributed by atoms with Gasteiger partial charge in [0.1, 0.15) is 11.0 Å². The van der Waals surface area contributed by atoms with Gasteiger partial charge >= 0.3 is 5.69 Å². The zero-order chi connectivity index (χ0) is 13.4. The standard InChI is InChI=1S/C11H7BrClFN2O2/c1-5-9(13)15-11(18)16(10(5)17)6-2-3-7(12)8(14)4-6/h2-4H,1H3,(H,15,18). The summed E-state index contributed by atoms with van der Waals surface area (Å²) in [6.07, 6.45) is 0. The van der Waals surface area contributed by atoms with Gasteiger partial charge in [0, 0.05) is 0 Å². The van der Waals surface area contributed by atoms with Gasteiger partial charge in [0.2, 0.25) is 0 Å². The number of halogens is 3. The van der Waals surface area contributed by atoms with E-state index >= 15 is 0 Å². The molecule has 4 nitrogen and oxygen atoms in total. The molecule has 1 aromatic carbocycles. The topological polar surface area (TPSA) is 54.9 Å². The monoisotopic (exact) mass is 332 g/mol. The third kappa shape index (κ3) is 2.13. The first-order chi connectivity index (χ1) is 8.41. The molecule has 0 aliphatic rings. The van der Waals surface area contributed by atoms with E-state index in [4.69, 9.17) is 11.6 Å². The Morgan fingerprint density at radius 3 is 2.67 bits per heavy atom. The Hall–Kier alpha value is -1.40. The summed E-state index contributed by atoms with van der Waals surface area (Å²) in [4.78, 5) is 25.9. The quantitative estimate of drug-likeness (QED) is 0.815. The zero-order valence-electron chi connectivity index (χ0n) is 9.13. The van der Waals surface area contributed by atoms with Crippen molar-refractivity contribution in [1.82, 2.24) is 9.55 Å². The minimum atomic E-state index is -0.711. The molecule has 7 heteroatoms.